The van der Waals surface area contributed by atoms with Gasteiger partial charge in [-0.15, -0.1) is 0 Å². The number of alkyl carbamates (subject to hydrolysis) is 1. The third kappa shape index (κ3) is 5.51. The Morgan fingerprint density at radius 2 is 2.15 bits per heavy atom. The Balaban J connectivity index is 2.39. The number of hydrogen-bond donors (Lipinski definition) is 2. The molecule has 0 saturated heterocycles. The van der Waals surface area contributed by atoms with Crippen LogP contribution >= 0.6 is 0 Å². The molecule has 110 valence electrons. The van der Waals surface area contributed by atoms with Crippen LogP contribution in [0.15, 0.2) is 18.3 Å². The van der Waals surface area contributed by atoms with Gasteiger partial charge in [0.1, 0.15) is 17.5 Å². The normalized spacial score (nSPS) is 10.8. The van der Waals surface area contributed by atoms with Crippen molar-refractivity contribution in [1.82, 2.24) is 10.3 Å². The average Bonchev–Trinajstić information content (AvgIpc) is 2.33. The summed E-state index contributed by atoms with van der Waals surface area (Å²) in [5.74, 6) is -0.246. The van der Waals surface area contributed by atoms with E-state index in [1.54, 1.807) is 32.9 Å². The second-order valence-electron chi connectivity index (χ2n) is 4.99. The lowest BCUT2D eigenvalue weighted by Crippen LogP contribution is -2.35. The maximum atomic E-state index is 11.4. The minimum Gasteiger partial charge on any atom is -0.444 e. The van der Waals surface area contributed by atoms with Crippen LogP contribution in [0.3, 0.4) is 0 Å². The predicted octanol–water partition coefficient (Wildman–Crippen LogP) is 1.93. The van der Waals surface area contributed by atoms with E-state index < -0.39 is 16.6 Å². The molecule has 0 fully saturated rings. The second-order valence-corrected chi connectivity index (χ2v) is 4.99. The molecule has 0 atom stereocenters. The van der Waals surface area contributed by atoms with E-state index in [1.807, 2.05) is 0 Å². The Labute approximate surface area is 116 Å². The number of aromatic nitrogens is 1. The molecule has 0 bridgehead atoms. The van der Waals surface area contributed by atoms with E-state index in [1.165, 1.54) is 6.20 Å². The molecule has 2 N–H and O–H groups in total. The minimum atomic E-state index is -0.566. The zero-order valence-corrected chi connectivity index (χ0v) is 11.7. The van der Waals surface area contributed by atoms with Crippen molar-refractivity contribution in [3.63, 3.8) is 0 Å². The Morgan fingerprint density at radius 1 is 1.45 bits per heavy atom. The summed E-state index contributed by atoms with van der Waals surface area (Å²) >= 11 is 0. The highest BCUT2D eigenvalue weighted by molar-refractivity contribution is 5.67. The Kier molecular flexibility index (Phi) is 5.24. The van der Waals surface area contributed by atoms with Crippen LogP contribution in [0, 0.1) is 10.1 Å². The Morgan fingerprint density at radius 3 is 2.75 bits per heavy atom. The predicted molar refractivity (Wildman–Crippen MR) is 73.6 cm³/mol. The van der Waals surface area contributed by atoms with Gasteiger partial charge in [-0.1, -0.05) is 0 Å². The van der Waals surface area contributed by atoms with Gasteiger partial charge in [-0.25, -0.2) is 4.79 Å². The van der Waals surface area contributed by atoms with Crippen molar-refractivity contribution in [3.05, 3.63) is 28.4 Å². The molecule has 1 heterocycles. The van der Waals surface area contributed by atoms with Crippen molar-refractivity contribution < 1.29 is 14.5 Å². The van der Waals surface area contributed by atoms with Crippen LogP contribution in [-0.2, 0) is 4.74 Å². The zero-order valence-electron chi connectivity index (χ0n) is 11.7. The van der Waals surface area contributed by atoms with Crippen LogP contribution in [0.4, 0.5) is 16.3 Å². The molecule has 0 unspecified atom stereocenters. The highest BCUT2D eigenvalue weighted by Gasteiger charge is 2.16. The molecule has 0 aliphatic heterocycles. The third-order valence-corrected chi connectivity index (χ3v) is 2.07. The van der Waals surface area contributed by atoms with E-state index in [-0.39, 0.29) is 12.4 Å². The molecule has 1 amide bonds. The number of amides is 1. The first-order valence-corrected chi connectivity index (χ1v) is 6.10. The van der Waals surface area contributed by atoms with Crippen molar-refractivity contribution in [2.75, 3.05) is 18.4 Å². The molecular weight excluding hydrogens is 264 g/mol. The number of nitrogens with one attached hydrogen (secondary N) is 2. The monoisotopic (exact) mass is 282 g/mol. The van der Waals surface area contributed by atoms with E-state index in [0.29, 0.717) is 12.2 Å². The number of rotatable bonds is 5. The summed E-state index contributed by atoms with van der Waals surface area (Å²) in [7, 11) is 0. The van der Waals surface area contributed by atoms with Gasteiger partial charge >= 0.3 is 11.9 Å². The van der Waals surface area contributed by atoms with Crippen LogP contribution in [0.5, 0.6) is 0 Å². The largest absolute Gasteiger partial charge is 0.444 e. The lowest BCUT2D eigenvalue weighted by molar-refractivity contribution is -0.388. The van der Waals surface area contributed by atoms with Crippen LogP contribution in [-0.4, -0.2) is 34.7 Å². The fourth-order valence-electron chi connectivity index (χ4n) is 1.36. The zero-order chi connectivity index (χ0) is 15.2. The molecule has 1 aromatic rings. The van der Waals surface area contributed by atoms with Crippen molar-refractivity contribution in [2.24, 2.45) is 0 Å². The first-order valence-electron chi connectivity index (χ1n) is 6.10. The summed E-state index contributed by atoms with van der Waals surface area (Å²) in [5, 5.41) is 16.1. The quantitative estimate of drug-likeness (QED) is 0.485. The van der Waals surface area contributed by atoms with E-state index in [9.17, 15) is 14.9 Å². The molecule has 0 saturated carbocycles. The van der Waals surface area contributed by atoms with E-state index in [0.717, 1.165) is 0 Å². The number of ether oxygens (including phenoxy) is 1. The van der Waals surface area contributed by atoms with Crippen molar-refractivity contribution in [3.8, 4) is 0 Å². The minimum absolute atomic E-state index is 0.246. The molecule has 1 aromatic heterocycles. The fraction of sp³-hybridized carbons (Fsp3) is 0.500. The van der Waals surface area contributed by atoms with E-state index in [4.69, 9.17) is 4.74 Å². The number of carbonyl (C=O) groups is 1. The molecule has 20 heavy (non-hydrogen) atoms. The smallest absolute Gasteiger partial charge is 0.407 e. The van der Waals surface area contributed by atoms with Crippen LogP contribution in [0.1, 0.15) is 20.8 Å². The van der Waals surface area contributed by atoms with Gasteiger partial charge in [0.2, 0.25) is 0 Å². The summed E-state index contributed by atoms with van der Waals surface area (Å²) in [6, 6.07) is 3.15. The lowest BCUT2D eigenvalue weighted by Gasteiger charge is -2.19. The number of hydrogen-bond acceptors (Lipinski definition) is 6. The second kappa shape index (κ2) is 6.69. The molecule has 8 heteroatoms. The van der Waals surface area contributed by atoms with Crippen molar-refractivity contribution in [1.29, 1.82) is 0 Å². The lowest BCUT2D eigenvalue weighted by atomic mass is 10.2. The SMILES string of the molecule is CC(C)(C)OC(=O)NCCNc1cccnc1[N+](=O)[O-]. The molecule has 0 aliphatic carbocycles. The van der Waals surface area contributed by atoms with Crippen LogP contribution in [0.25, 0.3) is 0 Å². The van der Waals surface area contributed by atoms with Gasteiger partial charge in [0.05, 0.1) is 0 Å². The van der Waals surface area contributed by atoms with Gasteiger partial charge in [-0.05, 0) is 42.8 Å². The van der Waals surface area contributed by atoms with Gasteiger partial charge in [-0.2, -0.15) is 0 Å². The van der Waals surface area contributed by atoms with Gasteiger partial charge in [-0.3, -0.25) is 0 Å². The summed E-state index contributed by atoms with van der Waals surface area (Å²) in [6.45, 7) is 5.91. The first-order chi connectivity index (χ1) is 9.29. The van der Waals surface area contributed by atoms with Gasteiger partial charge in [0, 0.05) is 13.1 Å². The summed E-state index contributed by atoms with van der Waals surface area (Å²) < 4.78 is 5.05. The fourth-order valence-corrected chi connectivity index (χ4v) is 1.36. The molecule has 0 spiro atoms. The topological polar surface area (TPSA) is 106 Å². The highest BCUT2D eigenvalue weighted by Crippen LogP contribution is 2.19. The summed E-state index contributed by atoms with van der Waals surface area (Å²) in [4.78, 5) is 25.2. The molecule has 0 aromatic carbocycles. The van der Waals surface area contributed by atoms with Gasteiger partial charge < -0.3 is 25.5 Å². The number of pyridine rings is 1. The summed E-state index contributed by atoms with van der Waals surface area (Å²) in [6.07, 6.45) is 0.822. The maximum absolute atomic E-state index is 11.4. The third-order valence-electron chi connectivity index (χ3n) is 2.07. The number of anilines is 1. The Hall–Kier alpha value is -2.38. The number of carbonyl (C=O) groups excluding carboxylic acids is 1. The number of nitrogens with zero attached hydrogens (tertiary/aromatic N) is 2. The number of nitro groups is 1. The Bertz CT molecular complexity index is 485. The van der Waals surface area contributed by atoms with E-state index in [2.05, 4.69) is 15.6 Å². The molecule has 0 aliphatic rings. The van der Waals surface area contributed by atoms with E-state index >= 15 is 0 Å². The van der Waals surface area contributed by atoms with Crippen molar-refractivity contribution >= 4 is 17.6 Å². The molecule has 1 rings (SSSR count). The first kappa shape index (κ1) is 15.7. The molecule has 8 nitrogen and oxygen atoms in total. The molecular formula is C12H18N4O4. The van der Waals surface area contributed by atoms with Gasteiger partial charge in [0.25, 0.3) is 0 Å². The van der Waals surface area contributed by atoms with Crippen LogP contribution in [0.2, 0.25) is 0 Å². The summed E-state index contributed by atoms with van der Waals surface area (Å²) in [5.41, 5.74) is -0.247. The maximum Gasteiger partial charge on any atom is 0.407 e. The van der Waals surface area contributed by atoms with Crippen molar-refractivity contribution in [2.45, 2.75) is 26.4 Å². The average molecular weight is 282 g/mol. The molecule has 0 radical (unpaired) electrons. The highest BCUT2D eigenvalue weighted by atomic mass is 16.6. The van der Waals surface area contributed by atoms with Crippen LogP contribution < -0.4 is 10.6 Å². The van der Waals surface area contributed by atoms with Gasteiger partial charge in [0.15, 0.2) is 0 Å². The standard InChI is InChI=1S/C12H18N4O4/c1-12(2,3)20-11(17)15-8-7-13-9-5-4-6-14-10(9)16(18)19/h4-6,13H,7-8H2,1-3H3,(H,15,17).